The second kappa shape index (κ2) is 8.20. The van der Waals surface area contributed by atoms with Crippen LogP contribution in [0.2, 0.25) is 0 Å². The lowest BCUT2D eigenvalue weighted by Crippen LogP contribution is -2.31. The van der Waals surface area contributed by atoms with E-state index < -0.39 is 0 Å². The average molecular weight is 397 g/mol. The van der Waals surface area contributed by atoms with Crippen LogP contribution in [-0.2, 0) is 9.59 Å². The van der Waals surface area contributed by atoms with Gasteiger partial charge in [0.05, 0.1) is 22.8 Å². The van der Waals surface area contributed by atoms with E-state index >= 15 is 0 Å². The molecule has 0 unspecified atom stereocenters. The van der Waals surface area contributed by atoms with Crippen LogP contribution >= 0.6 is 11.8 Å². The molecule has 1 aliphatic rings. The summed E-state index contributed by atoms with van der Waals surface area (Å²) < 4.78 is 0. The van der Waals surface area contributed by atoms with Crippen molar-refractivity contribution < 1.29 is 14.7 Å². The Labute approximate surface area is 169 Å². The quantitative estimate of drug-likeness (QED) is 0.759. The summed E-state index contributed by atoms with van der Waals surface area (Å²) in [6.45, 7) is 3.93. The Kier molecular flexibility index (Phi) is 5.91. The van der Waals surface area contributed by atoms with Gasteiger partial charge in [-0.15, -0.1) is 11.8 Å². The van der Waals surface area contributed by atoms with E-state index in [1.807, 2.05) is 69.2 Å². The van der Waals surface area contributed by atoms with Crippen molar-refractivity contribution in [2.24, 2.45) is 0 Å². The number of hydrogen-bond donors (Lipinski definition) is 1. The molecule has 2 amide bonds. The van der Waals surface area contributed by atoms with Gasteiger partial charge in [-0.3, -0.25) is 9.59 Å². The van der Waals surface area contributed by atoms with Crippen LogP contribution in [0.1, 0.15) is 16.7 Å². The number of aliphatic hydroxyl groups is 1. The third-order valence-corrected chi connectivity index (χ3v) is 5.83. The number of carbonyl (C=O) groups is 2. The number of benzene rings is 2. The summed E-state index contributed by atoms with van der Waals surface area (Å²) in [7, 11) is 3.82. The molecular weight excluding hydrogens is 372 g/mol. The normalized spacial score (nSPS) is 14.2. The molecule has 5 nitrogen and oxygen atoms in total. The van der Waals surface area contributed by atoms with Crippen LogP contribution in [0, 0.1) is 13.8 Å². The number of anilines is 2. The van der Waals surface area contributed by atoms with Gasteiger partial charge in [-0.1, -0.05) is 24.3 Å². The second-order valence-corrected chi connectivity index (χ2v) is 8.04. The van der Waals surface area contributed by atoms with Crippen molar-refractivity contribution in [2.75, 3.05) is 36.3 Å². The molecule has 2 aromatic rings. The molecule has 1 aliphatic heterocycles. The summed E-state index contributed by atoms with van der Waals surface area (Å²) in [6.07, 6.45) is 0. The molecule has 0 saturated heterocycles. The lowest BCUT2D eigenvalue weighted by atomic mass is 10.0. The largest absolute Gasteiger partial charge is 0.396 e. The van der Waals surface area contributed by atoms with E-state index in [-0.39, 0.29) is 18.4 Å². The molecule has 0 atom stereocenters. The van der Waals surface area contributed by atoms with Crippen molar-refractivity contribution in [3.63, 3.8) is 0 Å². The Morgan fingerprint density at radius 3 is 2.39 bits per heavy atom. The van der Waals surface area contributed by atoms with Crippen molar-refractivity contribution in [1.29, 1.82) is 0 Å². The Balaban J connectivity index is 2.09. The van der Waals surface area contributed by atoms with Gasteiger partial charge in [-0.25, -0.2) is 4.90 Å². The van der Waals surface area contributed by atoms with Crippen molar-refractivity contribution in [2.45, 2.75) is 13.8 Å². The topological polar surface area (TPSA) is 60.9 Å². The fourth-order valence-electron chi connectivity index (χ4n) is 3.09. The zero-order valence-corrected chi connectivity index (χ0v) is 17.3. The van der Waals surface area contributed by atoms with Crippen LogP contribution in [0.4, 0.5) is 11.4 Å². The highest BCUT2D eigenvalue weighted by Crippen LogP contribution is 2.39. The van der Waals surface area contributed by atoms with Crippen LogP contribution < -0.4 is 9.80 Å². The summed E-state index contributed by atoms with van der Waals surface area (Å²) >= 11 is 1.22. The van der Waals surface area contributed by atoms with Gasteiger partial charge in [0.1, 0.15) is 0 Å². The molecule has 0 bridgehead atoms. The van der Waals surface area contributed by atoms with Crippen LogP contribution in [0.15, 0.2) is 47.4 Å². The maximum atomic E-state index is 13.3. The lowest BCUT2D eigenvalue weighted by Gasteiger charge is -2.19. The minimum Gasteiger partial charge on any atom is -0.396 e. The maximum absolute atomic E-state index is 13.3. The first-order valence-corrected chi connectivity index (χ1v) is 10.1. The summed E-state index contributed by atoms with van der Waals surface area (Å²) in [4.78, 5) is 30.0. The molecule has 0 aliphatic carbocycles. The average Bonchev–Trinajstić information content (AvgIpc) is 2.92. The molecule has 1 N–H and O–H groups in total. The Morgan fingerprint density at radius 2 is 1.75 bits per heavy atom. The van der Waals surface area contributed by atoms with E-state index in [1.54, 1.807) is 6.07 Å². The minimum absolute atomic E-state index is 0.0635. The number of aliphatic hydroxyl groups excluding tert-OH is 1. The first-order chi connectivity index (χ1) is 13.3. The third kappa shape index (κ3) is 3.70. The van der Waals surface area contributed by atoms with Crippen LogP contribution in [0.5, 0.6) is 0 Å². The molecular formula is C22H24N2O3S. The van der Waals surface area contributed by atoms with E-state index in [2.05, 4.69) is 0 Å². The van der Waals surface area contributed by atoms with Gasteiger partial charge in [-0.2, -0.15) is 0 Å². The van der Waals surface area contributed by atoms with E-state index in [9.17, 15) is 14.7 Å². The van der Waals surface area contributed by atoms with Gasteiger partial charge in [-0.05, 0) is 48.7 Å². The Bertz CT molecular complexity index is 966. The highest BCUT2D eigenvalue weighted by Gasteiger charge is 2.40. The second-order valence-electron chi connectivity index (χ2n) is 6.94. The smallest absolute Gasteiger partial charge is 0.272 e. The predicted octanol–water partition coefficient (Wildman–Crippen LogP) is 3.38. The van der Waals surface area contributed by atoms with Crippen molar-refractivity contribution >= 4 is 40.5 Å². The third-order valence-electron chi connectivity index (χ3n) is 4.78. The number of carbonyl (C=O) groups excluding carboxylic acids is 2. The first-order valence-electron chi connectivity index (χ1n) is 9.07. The molecule has 0 aromatic heterocycles. The van der Waals surface area contributed by atoms with E-state index in [4.69, 9.17) is 0 Å². The molecule has 0 saturated carbocycles. The Morgan fingerprint density at radius 1 is 1.00 bits per heavy atom. The number of nitrogens with zero attached hydrogens (tertiary/aromatic N) is 2. The fraction of sp³-hybridized carbons (Fsp3) is 0.273. The zero-order chi connectivity index (χ0) is 20.4. The number of thioether (sulfide) groups is 1. The molecule has 1 heterocycles. The number of rotatable bonds is 6. The number of amides is 2. The molecule has 0 radical (unpaired) electrons. The monoisotopic (exact) mass is 396 g/mol. The lowest BCUT2D eigenvalue weighted by molar-refractivity contribution is -0.119. The summed E-state index contributed by atoms with van der Waals surface area (Å²) in [5.41, 5.74) is 4.77. The van der Waals surface area contributed by atoms with Gasteiger partial charge in [0.15, 0.2) is 0 Å². The molecule has 146 valence electrons. The van der Waals surface area contributed by atoms with Gasteiger partial charge in [0.25, 0.3) is 11.8 Å². The van der Waals surface area contributed by atoms with Gasteiger partial charge < -0.3 is 10.0 Å². The van der Waals surface area contributed by atoms with Crippen LogP contribution in [0.3, 0.4) is 0 Å². The van der Waals surface area contributed by atoms with Gasteiger partial charge >= 0.3 is 0 Å². The molecule has 0 fully saturated rings. The summed E-state index contributed by atoms with van der Waals surface area (Å²) in [5, 5.41) is 9.24. The van der Waals surface area contributed by atoms with Crippen molar-refractivity contribution in [3.05, 3.63) is 64.1 Å². The first kappa shape index (κ1) is 20.2. The molecule has 2 aromatic carbocycles. The molecule has 6 heteroatoms. The molecule has 3 rings (SSSR count). The predicted molar refractivity (Wildman–Crippen MR) is 116 cm³/mol. The van der Waals surface area contributed by atoms with Gasteiger partial charge in [0.2, 0.25) is 0 Å². The highest BCUT2D eigenvalue weighted by atomic mass is 32.2. The van der Waals surface area contributed by atoms with E-state index in [0.29, 0.717) is 21.9 Å². The number of aryl methyl sites for hydroxylation is 2. The van der Waals surface area contributed by atoms with Crippen LogP contribution in [-0.4, -0.2) is 43.4 Å². The van der Waals surface area contributed by atoms with Crippen LogP contribution in [0.25, 0.3) is 5.57 Å². The highest BCUT2D eigenvalue weighted by molar-refractivity contribution is 8.04. The van der Waals surface area contributed by atoms with E-state index in [1.165, 1.54) is 16.7 Å². The molecule has 28 heavy (non-hydrogen) atoms. The Hall–Kier alpha value is -2.57. The van der Waals surface area contributed by atoms with Crippen molar-refractivity contribution in [1.82, 2.24) is 0 Å². The van der Waals surface area contributed by atoms with Gasteiger partial charge in [0, 0.05) is 25.5 Å². The standard InChI is InChI=1S/C22H24N2O3S/c1-14-8-9-16(12-15(14)2)19-20(28-11-10-25)22(27)24(21(19)26)18-7-5-6-17(13-18)23(3)4/h5-9,12-13,25H,10-11H2,1-4H3. The molecule has 0 spiro atoms. The zero-order valence-electron chi connectivity index (χ0n) is 16.5. The fourth-order valence-corrected chi connectivity index (χ4v) is 3.95. The SMILES string of the molecule is Cc1ccc(C2=C(SCCO)C(=O)N(c3cccc(N(C)C)c3)C2=O)cc1C. The minimum atomic E-state index is -0.340. The summed E-state index contributed by atoms with van der Waals surface area (Å²) in [5.74, 6) is -0.314. The maximum Gasteiger partial charge on any atom is 0.272 e. The number of hydrogen-bond acceptors (Lipinski definition) is 5. The summed E-state index contributed by atoms with van der Waals surface area (Å²) in [6, 6.07) is 13.1. The number of imide groups is 1. The van der Waals surface area contributed by atoms with Crippen molar-refractivity contribution in [3.8, 4) is 0 Å². The van der Waals surface area contributed by atoms with E-state index in [0.717, 1.165) is 22.4 Å².